The molecule has 0 amide bonds. The summed E-state index contributed by atoms with van der Waals surface area (Å²) in [5.74, 6) is -0.140. The number of carbonyl (C=O) groups excluding carboxylic acids is 2. The lowest BCUT2D eigenvalue weighted by atomic mass is 10.2. The number of rotatable bonds is 4. The van der Waals surface area contributed by atoms with E-state index in [1.807, 2.05) is 0 Å². The number of ether oxygens (including phenoxy) is 1. The fourth-order valence-corrected chi connectivity index (χ4v) is 1.18. The molecule has 82 valence electrons. The van der Waals surface area contributed by atoms with E-state index in [0.717, 1.165) is 0 Å². The summed E-state index contributed by atoms with van der Waals surface area (Å²) in [5.41, 5.74) is 0.289. The zero-order chi connectivity index (χ0) is 11.4. The highest BCUT2D eigenvalue weighted by Gasteiger charge is 2.18. The molecule has 1 aromatic heterocycles. The average Bonchev–Trinajstić information content (AvgIpc) is 2.60. The molecule has 0 fully saturated rings. The monoisotopic (exact) mass is 211 g/mol. The topological polar surface area (TPSA) is 68.5 Å². The zero-order valence-corrected chi connectivity index (χ0v) is 8.92. The Labute approximate surface area is 87.4 Å². The largest absolute Gasteiger partial charge is 0.465 e. The lowest BCUT2D eigenvalue weighted by Gasteiger charge is -1.93. The molecule has 5 heteroatoms. The lowest BCUT2D eigenvalue weighted by molar-refractivity contribution is 0.0598. The molecule has 0 spiro atoms. The van der Waals surface area contributed by atoms with Gasteiger partial charge < -0.3 is 14.5 Å². The number of hydrogen-bond donors (Lipinski definition) is 1. The fraction of sp³-hybridized carbons (Fsp3) is 0.400. The summed E-state index contributed by atoms with van der Waals surface area (Å²) in [5, 5.41) is 2.71. The number of furan rings is 1. The van der Waals surface area contributed by atoms with Crippen LogP contribution in [0.4, 0.5) is 0 Å². The number of aryl methyl sites for hydroxylation is 1. The van der Waals surface area contributed by atoms with E-state index < -0.39 is 5.97 Å². The van der Waals surface area contributed by atoms with Crippen molar-refractivity contribution in [1.82, 2.24) is 5.32 Å². The van der Waals surface area contributed by atoms with Crippen molar-refractivity contribution in [3.8, 4) is 0 Å². The predicted octanol–water partition coefficient (Wildman–Crippen LogP) is 0.777. The Kier molecular flexibility index (Phi) is 3.62. The molecule has 1 aromatic rings. The summed E-state index contributed by atoms with van der Waals surface area (Å²) in [4.78, 5) is 22.6. The number of carbonyl (C=O) groups is 2. The van der Waals surface area contributed by atoms with Crippen LogP contribution < -0.4 is 5.32 Å². The minimum atomic E-state index is -0.500. The average molecular weight is 211 g/mol. The van der Waals surface area contributed by atoms with Gasteiger partial charge in [0.25, 0.3) is 0 Å². The number of hydrogen-bond acceptors (Lipinski definition) is 5. The van der Waals surface area contributed by atoms with Crippen molar-refractivity contribution in [3.63, 3.8) is 0 Å². The summed E-state index contributed by atoms with van der Waals surface area (Å²) >= 11 is 0. The fourth-order valence-electron chi connectivity index (χ4n) is 1.18. The van der Waals surface area contributed by atoms with Crippen molar-refractivity contribution < 1.29 is 18.7 Å². The molecule has 0 atom stereocenters. The molecule has 15 heavy (non-hydrogen) atoms. The Balaban J connectivity index is 2.95. The summed E-state index contributed by atoms with van der Waals surface area (Å²) in [6, 6.07) is 1.40. The third-order valence-corrected chi connectivity index (χ3v) is 1.94. The van der Waals surface area contributed by atoms with Gasteiger partial charge in [-0.15, -0.1) is 0 Å². The van der Waals surface area contributed by atoms with E-state index >= 15 is 0 Å². The molecule has 0 saturated heterocycles. The van der Waals surface area contributed by atoms with Crippen molar-refractivity contribution in [2.45, 2.75) is 6.92 Å². The first-order valence-electron chi connectivity index (χ1n) is 4.46. The molecule has 0 bridgehead atoms. The number of nitrogens with one attached hydrogen (secondary N) is 1. The third kappa shape index (κ3) is 2.44. The molecular formula is C10H13NO4. The summed E-state index contributed by atoms with van der Waals surface area (Å²) in [6.07, 6.45) is 0. The Hall–Kier alpha value is -1.62. The van der Waals surface area contributed by atoms with E-state index in [1.165, 1.54) is 13.2 Å². The molecular weight excluding hydrogens is 198 g/mol. The van der Waals surface area contributed by atoms with Crippen molar-refractivity contribution in [3.05, 3.63) is 23.2 Å². The normalized spacial score (nSPS) is 10.1. The summed E-state index contributed by atoms with van der Waals surface area (Å²) < 4.78 is 9.71. The molecule has 0 aliphatic carbocycles. The second-order valence-electron chi connectivity index (χ2n) is 3.03. The quantitative estimate of drug-likeness (QED) is 0.588. The van der Waals surface area contributed by atoms with Gasteiger partial charge in [-0.25, -0.2) is 4.79 Å². The number of esters is 1. The van der Waals surface area contributed by atoms with Gasteiger partial charge in [-0.05, 0) is 14.0 Å². The van der Waals surface area contributed by atoms with Gasteiger partial charge in [-0.1, -0.05) is 0 Å². The van der Waals surface area contributed by atoms with Gasteiger partial charge in [0.15, 0.2) is 5.76 Å². The van der Waals surface area contributed by atoms with Crippen LogP contribution in [-0.4, -0.2) is 32.5 Å². The minimum Gasteiger partial charge on any atom is -0.465 e. The maximum Gasteiger partial charge on any atom is 0.341 e. The van der Waals surface area contributed by atoms with Crippen LogP contribution in [-0.2, 0) is 4.74 Å². The number of ketones is 1. The smallest absolute Gasteiger partial charge is 0.341 e. The van der Waals surface area contributed by atoms with Gasteiger partial charge in [0, 0.05) is 6.07 Å². The second-order valence-corrected chi connectivity index (χ2v) is 3.03. The number of Topliss-reactive ketones (excluding diaryl/α,β-unsaturated/α-hetero) is 1. The van der Waals surface area contributed by atoms with Gasteiger partial charge in [-0.2, -0.15) is 0 Å². The Morgan fingerprint density at radius 1 is 1.53 bits per heavy atom. The lowest BCUT2D eigenvalue weighted by Crippen LogP contribution is -2.17. The highest BCUT2D eigenvalue weighted by molar-refractivity contribution is 5.98. The van der Waals surface area contributed by atoms with Crippen LogP contribution in [0.25, 0.3) is 0 Å². The highest BCUT2D eigenvalue weighted by Crippen LogP contribution is 2.15. The SMILES string of the molecule is CNCC(=O)c1cc(C(=O)OC)c(C)o1. The van der Waals surface area contributed by atoms with Crippen LogP contribution in [0.3, 0.4) is 0 Å². The first kappa shape index (κ1) is 11.5. The van der Waals surface area contributed by atoms with Crippen LogP contribution >= 0.6 is 0 Å². The number of methoxy groups -OCH3 is 1. The first-order valence-corrected chi connectivity index (χ1v) is 4.46. The van der Waals surface area contributed by atoms with Gasteiger partial charge in [0.1, 0.15) is 11.3 Å². The van der Waals surface area contributed by atoms with Gasteiger partial charge >= 0.3 is 5.97 Å². The van der Waals surface area contributed by atoms with Crippen LogP contribution in [0, 0.1) is 6.92 Å². The van der Waals surface area contributed by atoms with Crippen LogP contribution in [0.5, 0.6) is 0 Å². The van der Waals surface area contributed by atoms with E-state index in [4.69, 9.17) is 4.42 Å². The van der Waals surface area contributed by atoms with E-state index in [0.29, 0.717) is 5.76 Å². The summed E-state index contributed by atoms with van der Waals surface area (Å²) in [6.45, 7) is 1.79. The third-order valence-electron chi connectivity index (χ3n) is 1.94. The maximum absolute atomic E-state index is 11.4. The Bertz CT molecular complexity index is 381. The Morgan fingerprint density at radius 2 is 2.20 bits per heavy atom. The molecule has 0 aliphatic rings. The predicted molar refractivity (Wildman–Crippen MR) is 53.0 cm³/mol. The van der Waals surface area contributed by atoms with E-state index in [-0.39, 0.29) is 23.7 Å². The standard InChI is InChI=1S/C10H13NO4/c1-6-7(10(13)14-3)4-9(15-6)8(12)5-11-2/h4,11H,5H2,1-3H3. The first-order chi connectivity index (χ1) is 7.10. The van der Waals surface area contributed by atoms with E-state index in [9.17, 15) is 9.59 Å². The maximum atomic E-state index is 11.4. The van der Waals surface area contributed by atoms with Crippen molar-refractivity contribution in [2.75, 3.05) is 20.7 Å². The van der Waals surface area contributed by atoms with Crippen molar-refractivity contribution in [2.24, 2.45) is 0 Å². The molecule has 1 rings (SSSR count). The van der Waals surface area contributed by atoms with Crippen molar-refractivity contribution in [1.29, 1.82) is 0 Å². The van der Waals surface area contributed by atoms with E-state index in [1.54, 1.807) is 14.0 Å². The molecule has 0 aromatic carbocycles. The van der Waals surface area contributed by atoms with Gasteiger partial charge in [-0.3, -0.25) is 4.79 Å². The van der Waals surface area contributed by atoms with Crippen LogP contribution in [0.15, 0.2) is 10.5 Å². The molecule has 0 saturated carbocycles. The zero-order valence-electron chi connectivity index (χ0n) is 8.92. The Morgan fingerprint density at radius 3 is 2.73 bits per heavy atom. The molecule has 1 N–H and O–H groups in total. The molecule has 5 nitrogen and oxygen atoms in total. The minimum absolute atomic E-state index is 0.169. The second kappa shape index (κ2) is 4.75. The van der Waals surface area contributed by atoms with Gasteiger partial charge in [0.2, 0.25) is 5.78 Å². The molecule has 0 aliphatic heterocycles. The number of likely N-dealkylation sites (N-methyl/N-ethyl adjacent to an activating group) is 1. The van der Waals surface area contributed by atoms with Gasteiger partial charge in [0.05, 0.1) is 13.7 Å². The van der Waals surface area contributed by atoms with Crippen molar-refractivity contribution >= 4 is 11.8 Å². The highest BCUT2D eigenvalue weighted by atomic mass is 16.5. The molecule has 0 radical (unpaired) electrons. The molecule has 0 unspecified atom stereocenters. The van der Waals surface area contributed by atoms with E-state index in [2.05, 4.69) is 10.1 Å². The van der Waals surface area contributed by atoms with Crippen LogP contribution in [0.1, 0.15) is 26.7 Å². The molecule has 1 heterocycles. The van der Waals surface area contributed by atoms with Crippen LogP contribution in [0.2, 0.25) is 0 Å². The summed E-state index contributed by atoms with van der Waals surface area (Å²) in [7, 11) is 2.94.